The predicted octanol–water partition coefficient (Wildman–Crippen LogP) is 1.67. The Kier molecular flexibility index (Phi) is 5.59. The van der Waals surface area contributed by atoms with Crippen LogP contribution >= 0.6 is 15.9 Å². The molecule has 0 atom stereocenters. The van der Waals surface area contributed by atoms with Crippen LogP contribution in [0, 0.1) is 0 Å². The van der Waals surface area contributed by atoms with Gasteiger partial charge in [-0.3, -0.25) is 19.0 Å². The number of hydrogen-bond donors (Lipinski definition) is 2. The van der Waals surface area contributed by atoms with E-state index < -0.39 is 5.91 Å². The number of aryl methyl sites for hydroxylation is 1. The standard InChI is InChI=1S/C18H19BrN6O3/c1-10(2)21-17(27)11-6-4-5-7-12(11)22-13(26)8-25-9-20-16-14(18(25)28)15(19)23-24(16)3/h4-7,9-10H,8H2,1-3H3,(H,21,27)(H,22,26). The van der Waals surface area contributed by atoms with Gasteiger partial charge in [0.2, 0.25) is 5.91 Å². The number of carbonyl (C=O) groups is 2. The summed E-state index contributed by atoms with van der Waals surface area (Å²) in [4.78, 5) is 41.6. The van der Waals surface area contributed by atoms with Crippen LogP contribution in [-0.4, -0.2) is 37.2 Å². The molecular weight excluding hydrogens is 428 g/mol. The minimum Gasteiger partial charge on any atom is -0.350 e. The number of anilines is 1. The molecule has 146 valence electrons. The Bertz CT molecular complexity index is 1120. The third-order valence-electron chi connectivity index (χ3n) is 3.95. The zero-order chi connectivity index (χ0) is 20.4. The molecule has 0 saturated carbocycles. The van der Waals surface area contributed by atoms with E-state index in [-0.39, 0.29) is 24.1 Å². The molecule has 0 aliphatic heterocycles. The minimum absolute atomic E-state index is 0.0365. The molecule has 0 aliphatic carbocycles. The average Bonchev–Trinajstić information content (AvgIpc) is 2.91. The van der Waals surface area contributed by atoms with E-state index in [0.29, 0.717) is 26.9 Å². The summed E-state index contributed by atoms with van der Waals surface area (Å²) in [5.41, 5.74) is 0.756. The highest BCUT2D eigenvalue weighted by molar-refractivity contribution is 9.10. The summed E-state index contributed by atoms with van der Waals surface area (Å²) < 4.78 is 3.04. The quantitative estimate of drug-likeness (QED) is 0.618. The fraction of sp³-hybridized carbons (Fsp3) is 0.278. The number of carbonyl (C=O) groups excluding carboxylic acids is 2. The van der Waals surface area contributed by atoms with Crippen molar-refractivity contribution in [3.8, 4) is 0 Å². The van der Waals surface area contributed by atoms with Crippen LogP contribution in [0.1, 0.15) is 24.2 Å². The molecule has 3 aromatic rings. The van der Waals surface area contributed by atoms with Crippen molar-refractivity contribution in [1.82, 2.24) is 24.6 Å². The first kappa shape index (κ1) is 19.7. The van der Waals surface area contributed by atoms with E-state index in [4.69, 9.17) is 0 Å². The highest BCUT2D eigenvalue weighted by atomic mass is 79.9. The number of fused-ring (bicyclic) bond motifs is 1. The molecule has 3 rings (SSSR count). The van der Waals surface area contributed by atoms with Crippen molar-refractivity contribution in [1.29, 1.82) is 0 Å². The maximum Gasteiger partial charge on any atom is 0.266 e. The first-order valence-corrected chi connectivity index (χ1v) is 9.34. The third-order valence-corrected chi connectivity index (χ3v) is 4.50. The van der Waals surface area contributed by atoms with E-state index in [9.17, 15) is 14.4 Å². The minimum atomic E-state index is -0.451. The molecule has 9 nitrogen and oxygen atoms in total. The molecule has 0 spiro atoms. The summed E-state index contributed by atoms with van der Waals surface area (Å²) in [7, 11) is 1.68. The molecule has 2 N–H and O–H groups in total. The van der Waals surface area contributed by atoms with Crippen molar-refractivity contribution in [3.05, 3.63) is 51.1 Å². The van der Waals surface area contributed by atoms with Gasteiger partial charge in [0.15, 0.2) is 5.65 Å². The number of aromatic nitrogens is 4. The van der Waals surface area contributed by atoms with Gasteiger partial charge >= 0.3 is 0 Å². The van der Waals surface area contributed by atoms with Crippen LogP contribution in [0.5, 0.6) is 0 Å². The van der Waals surface area contributed by atoms with Crippen LogP contribution in [0.4, 0.5) is 5.69 Å². The number of hydrogen-bond acceptors (Lipinski definition) is 5. The van der Waals surface area contributed by atoms with Crippen LogP contribution < -0.4 is 16.2 Å². The molecule has 28 heavy (non-hydrogen) atoms. The Morgan fingerprint density at radius 1 is 1.25 bits per heavy atom. The topological polar surface area (TPSA) is 111 Å². The lowest BCUT2D eigenvalue weighted by molar-refractivity contribution is -0.116. The molecule has 2 aromatic heterocycles. The first-order chi connectivity index (χ1) is 13.3. The second-order valence-electron chi connectivity index (χ2n) is 6.51. The van der Waals surface area contributed by atoms with Crippen molar-refractivity contribution < 1.29 is 9.59 Å². The van der Waals surface area contributed by atoms with Gasteiger partial charge in [-0.15, -0.1) is 0 Å². The Hall–Kier alpha value is -3.01. The van der Waals surface area contributed by atoms with Gasteiger partial charge in [0, 0.05) is 13.1 Å². The number of para-hydroxylation sites is 1. The summed E-state index contributed by atoms with van der Waals surface area (Å²) in [6, 6.07) is 6.65. The molecule has 0 fully saturated rings. The van der Waals surface area contributed by atoms with Crippen LogP contribution in [0.25, 0.3) is 11.0 Å². The van der Waals surface area contributed by atoms with Gasteiger partial charge in [-0.25, -0.2) is 9.67 Å². The molecule has 0 saturated heterocycles. The monoisotopic (exact) mass is 446 g/mol. The molecular formula is C18H19BrN6O3. The fourth-order valence-corrected chi connectivity index (χ4v) is 3.31. The normalized spacial score (nSPS) is 11.0. The molecule has 10 heteroatoms. The van der Waals surface area contributed by atoms with Crippen molar-refractivity contribution in [2.45, 2.75) is 26.4 Å². The SMILES string of the molecule is CC(C)NC(=O)c1ccccc1NC(=O)Cn1cnc2c(c(Br)nn2C)c1=O. The van der Waals surface area contributed by atoms with Gasteiger partial charge in [0.1, 0.15) is 22.9 Å². The van der Waals surface area contributed by atoms with Gasteiger partial charge in [0.25, 0.3) is 11.5 Å². The molecule has 1 aromatic carbocycles. The number of benzene rings is 1. The smallest absolute Gasteiger partial charge is 0.266 e. The highest BCUT2D eigenvalue weighted by Crippen LogP contribution is 2.17. The Labute approximate surface area is 168 Å². The van der Waals surface area contributed by atoms with Crippen molar-refractivity contribution >= 4 is 44.5 Å². The lowest BCUT2D eigenvalue weighted by Gasteiger charge is -2.13. The van der Waals surface area contributed by atoms with Gasteiger partial charge in [0.05, 0.1) is 11.3 Å². The largest absolute Gasteiger partial charge is 0.350 e. The summed E-state index contributed by atoms with van der Waals surface area (Å²) in [5.74, 6) is -0.737. The van der Waals surface area contributed by atoms with E-state index in [0.717, 1.165) is 0 Å². The molecule has 0 aliphatic rings. The Balaban J connectivity index is 1.83. The number of rotatable bonds is 5. The second-order valence-corrected chi connectivity index (χ2v) is 7.26. The lowest BCUT2D eigenvalue weighted by Crippen LogP contribution is -2.32. The fourth-order valence-electron chi connectivity index (χ4n) is 2.72. The highest BCUT2D eigenvalue weighted by Gasteiger charge is 2.17. The van der Waals surface area contributed by atoms with Gasteiger partial charge in [-0.1, -0.05) is 12.1 Å². The Morgan fingerprint density at radius 2 is 1.96 bits per heavy atom. The summed E-state index contributed by atoms with van der Waals surface area (Å²) in [6.45, 7) is 3.46. The number of halogens is 1. The van der Waals surface area contributed by atoms with Crippen molar-refractivity contribution in [2.24, 2.45) is 7.05 Å². The Morgan fingerprint density at radius 3 is 2.68 bits per heavy atom. The van der Waals surface area contributed by atoms with Crippen LogP contribution in [-0.2, 0) is 18.4 Å². The van der Waals surface area contributed by atoms with Gasteiger partial charge < -0.3 is 10.6 Å². The summed E-state index contributed by atoms with van der Waals surface area (Å²) in [5, 5.41) is 9.89. The summed E-state index contributed by atoms with van der Waals surface area (Å²) >= 11 is 3.24. The van der Waals surface area contributed by atoms with E-state index in [1.54, 1.807) is 31.3 Å². The zero-order valence-corrected chi connectivity index (χ0v) is 17.1. The van der Waals surface area contributed by atoms with E-state index in [1.165, 1.54) is 15.6 Å². The number of nitrogens with one attached hydrogen (secondary N) is 2. The molecule has 2 heterocycles. The van der Waals surface area contributed by atoms with E-state index >= 15 is 0 Å². The maximum atomic E-state index is 12.6. The first-order valence-electron chi connectivity index (χ1n) is 8.55. The second kappa shape index (κ2) is 7.93. The van der Waals surface area contributed by atoms with E-state index in [2.05, 4.69) is 36.6 Å². The van der Waals surface area contributed by atoms with Gasteiger partial charge in [-0.05, 0) is 41.9 Å². The van der Waals surface area contributed by atoms with Gasteiger partial charge in [-0.2, -0.15) is 5.10 Å². The predicted molar refractivity (Wildman–Crippen MR) is 108 cm³/mol. The maximum absolute atomic E-state index is 12.6. The van der Waals surface area contributed by atoms with E-state index in [1.807, 2.05) is 13.8 Å². The zero-order valence-electron chi connectivity index (χ0n) is 15.6. The van der Waals surface area contributed by atoms with Crippen LogP contribution in [0.3, 0.4) is 0 Å². The lowest BCUT2D eigenvalue weighted by atomic mass is 10.1. The molecule has 2 amide bonds. The van der Waals surface area contributed by atoms with Crippen molar-refractivity contribution in [3.63, 3.8) is 0 Å². The van der Waals surface area contributed by atoms with Crippen LogP contribution in [0.2, 0.25) is 0 Å². The molecule has 0 unspecified atom stereocenters. The number of nitrogens with zero attached hydrogens (tertiary/aromatic N) is 4. The molecule has 0 bridgehead atoms. The molecule has 0 radical (unpaired) electrons. The average molecular weight is 447 g/mol. The van der Waals surface area contributed by atoms with Crippen LogP contribution in [0.15, 0.2) is 40.0 Å². The van der Waals surface area contributed by atoms with Crippen molar-refractivity contribution in [2.75, 3.05) is 5.32 Å². The summed E-state index contributed by atoms with van der Waals surface area (Å²) in [6.07, 6.45) is 1.30. The third kappa shape index (κ3) is 3.96. The number of amides is 2.